The molecule has 0 saturated carbocycles. The zero-order valence-corrected chi connectivity index (χ0v) is 19.2. The van der Waals surface area contributed by atoms with E-state index in [1.54, 1.807) is 0 Å². The lowest BCUT2D eigenvalue weighted by atomic mass is 10.0. The Bertz CT molecular complexity index is 543. The Balaban J connectivity index is 0.000000307. The maximum Gasteiger partial charge on any atom is 0.119 e. The van der Waals surface area contributed by atoms with Gasteiger partial charge in [-0.05, 0) is 43.0 Å². The quantitative estimate of drug-likeness (QED) is 0.396. The van der Waals surface area contributed by atoms with E-state index in [2.05, 4.69) is 52.9 Å². The van der Waals surface area contributed by atoms with Crippen molar-refractivity contribution in [1.29, 1.82) is 0 Å². The minimum Gasteiger partial charge on any atom is -0.399 e. The molecular weight excluding hydrogens is 350 g/mol. The number of benzene rings is 1. The fourth-order valence-electron chi connectivity index (χ4n) is 3.41. The molecule has 1 aliphatic heterocycles. The first-order chi connectivity index (χ1) is 13.2. The van der Waals surface area contributed by atoms with Gasteiger partial charge in [-0.2, -0.15) is 0 Å². The van der Waals surface area contributed by atoms with E-state index in [4.69, 9.17) is 15.2 Å². The van der Waals surface area contributed by atoms with Crippen LogP contribution < -0.4 is 5.73 Å². The third-order valence-electron chi connectivity index (χ3n) is 4.76. The van der Waals surface area contributed by atoms with Crippen molar-refractivity contribution in [2.24, 2.45) is 0 Å². The molecule has 1 unspecified atom stereocenters. The van der Waals surface area contributed by atoms with Gasteiger partial charge in [-0.15, -0.1) is 0 Å². The van der Waals surface area contributed by atoms with E-state index in [0.717, 1.165) is 69.0 Å². The SMILES string of the molecule is CCCOCCN1CCOC(C[N+](C)(C)C)C1.CCCc1ccc(N)cc1C. The van der Waals surface area contributed by atoms with E-state index in [0.29, 0.717) is 6.10 Å². The zero-order valence-electron chi connectivity index (χ0n) is 19.2. The highest BCUT2D eigenvalue weighted by Gasteiger charge is 2.25. The lowest BCUT2D eigenvalue weighted by molar-refractivity contribution is -0.873. The maximum absolute atomic E-state index is 5.81. The number of nitrogens with two attached hydrogens (primary N) is 1. The van der Waals surface area contributed by atoms with Gasteiger partial charge < -0.3 is 19.7 Å². The van der Waals surface area contributed by atoms with E-state index in [-0.39, 0.29) is 0 Å². The highest BCUT2D eigenvalue weighted by atomic mass is 16.5. The average molecular weight is 395 g/mol. The molecule has 0 aromatic heterocycles. The Hall–Kier alpha value is -1.14. The van der Waals surface area contributed by atoms with Gasteiger partial charge in [0.15, 0.2) is 0 Å². The second-order valence-corrected chi connectivity index (χ2v) is 8.81. The molecule has 1 aromatic rings. The van der Waals surface area contributed by atoms with Crippen molar-refractivity contribution < 1.29 is 14.0 Å². The number of nitrogen functional groups attached to an aromatic ring is 1. The first-order valence-electron chi connectivity index (χ1n) is 10.8. The van der Waals surface area contributed by atoms with Crippen LogP contribution in [0, 0.1) is 6.92 Å². The van der Waals surface area contributed by atoms with Crippen molar-refractivity contribution in [3.63, 3.8) is 0 Å². The van der Waals surface area contributed by atoms with Crippen molar-refractivity contribution in [2.45, 2.75) is 46.1 Å². The molecule has 0 aliphatic carbocycles. The number of ether oxygens (including phenoxy) is 2. The van der Waals surface area contributed by atoms with Crippen LogP contribution in [-0.2, 0) is 15.9 Å². The Morgan fingerprint density at radius 3 is 2.54 bits per heavy atom. The highest BCUT2D eigenvalue weighted by molar-refractivity contribution is 5.44. The van der Waals surface area contributed by atoms with E-state index >= 15 is 0 Å². The van der Waals surface area contributed by atoms with Crippen LogP contribution in [0.3, 0.4) is 0 Å². The molecule has 1 atom stereocenters. The summed E-state index contributed by atoms with van der Waals surface area (Å²) in [5.74, 6) is 0. The van der Waals surface area contributed by atoms with E-state index < -0.39 is 0 Å². The minimum absolute atomic E-state index is 0.370. The van der Waals surface area contributed by atoms with E-state index in [1.165, 1.54) is 17.5 Å². The third-order valence-corrected chi connectivity index (χ3v) is 4.76. The summed E-state index contributed by atoms with van der Waals surface area (Å²) >= 11 is 0. The molecule has 28 heavy (non-hydrogen) atoms. The summed E-state index contributed by atoms with van der Waals surface area (Å²) in [4.78, 5) is 2.46. The number of anilines is 1. The third kappa shape index (κ3) is 11.0. The number of rotatable bonds is 9. The Kier molecular flexibility index (Phi) is 11.7. The molecule has 162 valence electrons. The van der Waals surface area contributed by atoms with Crippen LogP contribution in [0.15, 0.2) is 18.2 Å². The van der Waals surface area contributed by atoms with Gasteiger partial charge in [-0.1, -0.05) is 26.3 Å². The second kappa shape index (κ2) is 13.2. The number of hydrogen-bond donors (Lipinski definition) is 1. The number of quaternary nitrogens is 1. The fraction of sp³-hybridized carbons (Fsp3) is 0.739. The zero-order chi connectivity index (χ0) is 21.0. The maximum atomic E-state index is 5.81. The van der Waals surface area contributed by atoms with Crippen LogP contribution in [0.4, 0.5) is 5.69 Å². The number of aryl methyl sites for hydroxylation is 2. The standard InChI is InChI=1S/C13H29N2O2.C10H15N/c1-5-8-16-9-6-14-7-10-17-13(11-14)12-15(2,3)4;1-3-4-9-5-6-10(11)7-8(9)2/h13H,5-12H2,1-4H3;5-7H,3-4,11H2,1-2H3/q+1;. The Morgan fingerprint density at radius 2 is 1.93 bits per heavy atom. The van der Waals surface area contributed by atoms with Gasteiger partial charge in [0.1, 0.15) is 12.6 Å². The Labute approximate surface area is 173 Å². The van der Waals surface area contributed by atoms with Gasteiger partial charge in [0, 0.05) is 31.9 Å². The molecule has 2 rings (SSSR count). The van der Waals surface area contributed by atoms with Crippen molar-refractivity contribution >= 4 is 5.69 Å². The van der Waals surface area contributed by atoms with Crippen molar-refractivity contribution in [3.8, 4) is 0 Å². The largest absolute Gasteiger partial charge is 0.399 e. The average Bonchev–Trinajstić information content (AvgIpc) is 2.61. The fourth-order valence-corrected chi connectivity index (χ4v) is 3.41. The van der Waals surface area contributed by atoms with E-state index in [9.17, 15) is 0 Å². The second-order valence-electron chi connectivity index (χ2n) is 8.81. The van der Waals surface area contributed by atoms with Crippen LogP contribution >= 0.6 is 0 Å². The van der Waals surface area contributed by atoms with Gasteiger partial charge in [0.05, 0.1) is 34.4 Å². The minimum atomic E-state index is 0.370. The van der Waals surface area contributed by atoms with E-state index in [1.807, 2.05) is 12.1 Å². The summed E-state index contributed by atoms with van der Waals surface area (Å²) in [6.07, 6.45) is 3.83. The highest BCUT2D eigenvalue weighted by Crippen LogP contribution is 2.13. The van der Waals surface area contributed by atoms with Gasteiger partial charge >= 0.3 is 0 Å². The van der Waals surface area contributed by atoms with Gasteiger partial charge in [0.2, 0.25) is 0 Å². The molecule has 5 nitrogen and oxygen atoms in total. The first-order valence-corrected chi connectivity index (χ1v) is 10.8. The summed E-state index contributed by atoms with van der Waals surface area (Å²) in [5, 5.41) is 0. The molecule has 0 bridgehead atoms. The monoisotopic (exact) mass is 394 g/mol. The van der Waals surface area contributed by atoms with Gasteiger partial charge in [-0.25, -0.2) is 0 Å². The van der Waals surface area contributed by atoms with Crippen LogP contribution in [0.1, 0.15) is 37.8 Å². The topological polar surface area (TPSA) is 47.7 Å². The molecule has 1 aromatic carbocycles. The normalized spacial score (nSPS) is 17.9. The summed E-state index contributed by atoms with van der Waals surface area (Å²) in [7, 11) is 6.64. The summed E-state index contributed by atoms with van der Waals surface area (Å²) in [5.41, 5.74) is 9.22. The molecule has 0 spiro atoms. The Morgan fingerprint density at radius 1 is 1.18 bits per heavy atom. The molecule has 1 aliphatic rings. The first kappa shape index (κ1) is 24.9. The molecule has 1 heterocycles. The van der Waals surface area contributed by atoms with Crippen LogP contribution in [0.2, 0.25) is 0 Å². The molecular formula is C23H44N3O2+. The number of morpholine rings is 1. The van der Waals surface area contributed by atoms with Gasteiger partial charge in [0.25, 0.3) is 0 Å². The van der Waals surface area contributed by atoms with Crippen molar-refractivity contribution in [2.75, 3.05) is 72.9 Å². The lowest BCUT2D eigenvalue weighted by Crippen LogP contribution is -2.51. The van der Waals surface area contributed by atoms with Crippen LogP contribution in [-0.4, -0.2) is 82.6 Å². The number of hydrogen-bond acceptors (Lipinski definition) is 4. The lowest BCUT2D eigenvalue weighted by Gasteiger charge is -2.36. The summed E-state index contributed by atoms with van der Waals surface area (Å²) in [6.45, 7) is 13.2. The molecule has 0 radical (unpaired) electrons. The molecule has 5 heteroatoms. The predicted octanol–water partition coefficient (Wildman–Crippen LogP) is 3.35. The molecule has 1 fully saturated rings. The number of likely N-dealkylation sites (N-methyl/N-ethyl adjacent to an activating group) is 1. The summed E-state index contributed by atoms with van der Waals surface area (Å²) < 4.78 is 12.3. The van der Waals surface area contributed by atoms with Crippen LogP contribution in [0.25, 0.3) is 0 Å². The molecule has 1 saturated heterocycles. The van der Waals surface area contributed by atoms with Crippen molar-refractivity contribution in [3.05, 3.63) is 29.3 Å². The molecule has 2 N–H and O–H groups in total. The predicted molar refractivity (Wildman–Crippen MR) is 120 cm³/mol. The summed E-state index contributed by atoms with van der Waals surface area (Å²) in [6, 6.07) is 6.12. The molecule has 0 amide bonds. The van der Waals surface area contributed by atoms with Gasteiger partial charge in [-0.3, -0.25) is 4.90 Å². The smallest absolute Gasteiger partial charge is 0.119 e. The number of nitrogens with zero attached hydrogens (tertiary/aromatic N) is 2. The van der Waals surface area contributed by atoms with Crippen LogP contribution in [0.5, 0.6) is 0 Å². The van der Waals surface area contributed by atoms with Crippen molar-refractivity contribution in [1.82, 2.24) is 4.90 Å².